The average molecular weight is 275 g/mol. The lowest BCUT2D eigenvalue weighted by Gasteiger charge is -2.10. The summed E-state index contributed by atoms with van der Waals surface area (Å²) in [5, 5.41) is 9.08. The fraction of sp³-hybridized carbons (Fsp3) is 0.200. The molecule has 0 atom stereocenters. The third-order valence-corrected chi connectivity index (χ3v) is 2.68. The number of benzene rings is 1. The minimum absolute atomic E-state index is 0.0594. The van der Waals surface area contributed by atoms with Gasteiger partial charge in [-0.3, -0.25) is 0 Å². The van der Waals surface area contributed by atoms with Crippen LogP contribution in [0.4, 0.5) is 4.39 Å². The second-order valence-electron chi connectivity index (χ2n) is 4.64. The number of hydrogen-bond acceptors (Lipinski definition) is 3. The molecule has 0 unspecified atom stereocenters. The largest absolute Gasteiger partial charge is 0.478 e. The van der Waals surface area contributed by atoms with Gasteiger partial charge in [0.15, 0.2) is 0 Å². The van der Waals surface area contributed by atoms with Gasteiger partial charge in [0, 0.05) is 17.8 Å². The molecule has 1 N–H and O–H groups in total. The molecule has 0 bridgehead atoms. The highest BCUT2D eigenvalue weighted by Crippen LogP contribution is 2.24. The Morgan fingerprint density at radius 1 is 1.30 bits per heavy atom. The molecule has 0 amide bonds. The van der Waals surface area contributed by atoms with E-state index < -0.39 is 11.8 Å². The van der Waals surface area contributed by atoms with Gasteiger partial charge in [-0.05, 0) is 24.1 Å². The van der Waals surface area contributed by atoms with Gasteiger partial charge in [-0.2, -0.15) is 0 Å². The van der Waals surface area contributed by atoms with Crippen molar-refractivity contribution in [3.8, 4) is 11.6 Å². The van der Waals surface area contributed by atoms with Crippen molar-refractivity contribution in [2.45, 2.75) is 19.8 Å². The number of rotatable bonds is 4. The Kier molecular flexibility index (Phi) is 3.98. The van der Waals surface area contributed by atoms with E-state index in [1.807, 2.05) is 13.8 Å². The summed E-state index contributed by atoms with van der Waals surface area (Å²) in [4.78, 5) is 15.3. The van der Waals surface area contributed by atoms with Gasteiger partial charge < -0.3 is 9.84 Å². The van der Waals surface area contributed by atoms with Gasteiger partial charge in [0.1, 0.15) is 11.6 Å². The lowest BCUT2D eigenvalue weighted by Crippen LogP contribution is -2.03. The molecule has 0 saturated carbocycles. The van der Waals surface area contributed by atoms with Crippen LogP contribution >= 0.6 is 0 Å². The fourth-order valence-electron chi connectivity index (χ4n) is 1.65. The molecule has 0 saturated heterocycles. The Bertz CT molecular complexity index is 641. The first kappa shape index (κ1) is 14.0. The summed E-state index contributed by atoms with van der Waals surface area (Å²) in [5.74, 6) is -1.02. The second kappa shape index (κ2) is 5.69. The highest BCUT2D eigenvalue weighted by Gasteiger charge is 2.12. The van der Waals surface area contributed by atoms with Crippen LogP contribution < -0.4 is 4.74 Å². The van der Waals surface area contributed by atoms with E-state index in [9.17, 15) is 9.18 Å². The molecule has 5 heteroatoms. The van der Waals surface area contributed by atoms with Gasteiger partial charge in [-0.15, -0.1) is 0 Å². The van der Waals surface area contributed by atoms with Crippen molar-refractivity contribution in [2.24, 2.45) is 0 Å². The molecular formula is C15H14FNO3. The minimum atomic E-state index is -1.06. The highest BCUT2D eigenvalue weighted by molar-refractivity contribution is 5.88. The number of aromatic carboxylic acids is 1. The number of halogens is 1. The summed E-state index contributed by atoms with van der Waals surface area (Å²) in [6.07, 6.45) is 0. The van der Waals surface area contributed by atoms with Crippen molar-refractivity contribution in [3.63, 3.8) is 0 Å². The number of carboxylic acids is 1. The average Bonchev–Trinajstić information content (AvgIpc) is 2.38. The summed E-state index contributed by atoms with van der Waals surface area (Å²) >= 11 is 0. The zero-order chi connectivity index (χ0) is 14.7. The van der Waals surface area contributed by atoms with E-state index in [4.69, 9.17) is 9.84 Å². The molecule has 0 aliphatic carbocycles. The predicted molar refractivity (Wildman–Crippen MR) is 71.8 cm³/mol. The Balaban J connectivity index is 2.38. The Hall–Kier alpha value is -2.43. The molecule has 2 rings (SSSR count). The zero-order valence-corrected chi connectivity index (χ0v) is 11.1. The van der Waals surface area contributed by atoms with Crippen LogP contribution in [0.2, 0.25) is 0 Å². The van der Waals surface area contributed by atoms with Crippen molar-refractivity contribution >= 4 is 5.97 Å². The van der Waals surface area contributed by atoms with E-state index in [-0.39, 0.29) is 23.1 Å². The monoisotopic (exact) mass is 275 g/mol. The lowest BCUT2D eigenvalue weighted by molar-refractivity contribution is 0.0696. The van der Waals surface area contributed by atoms with Gasteiger partial charge >= 0.3 is 5.97 Å². The van der Waals surface area contributed by atoms with E-state index >= 15 is 0 Å². The maximum absolute atomic E-state index is 13.1. The Labute approximate surface area is 115 Å². The quantitative estimate of drug-likeness (QED) is 0.921. The fourth-order valence-corrected chi connectivity index (χ4v) is 1.65. The lowest BCUT2D eigenvalue weighted by atomic mass is 10.1. The van der Waals surface area contributed by atoms with Crippen LogP contribution in [0.5, 0.6) is 11.6 Å². The van der Waals surface area contributed by atoms with Crippen molar-refractivity contribution in [3.05, 3.63) is 53.5 Å². The molecule has 1 aromatic heterocycles. The third kappa shape index (κ3) is 3.32. The van der Waals surface area contributed by atoms with E-state index in [1.54, 1.807) is 6.07 Å². The maximum atomic E-state index is 13.1. The van der Waals surface area contributed by atoms with Crippen LogP contribution in [0.25, 0.3) is 0 Å². The van der Waals surface area contributed by atoms with Crippen molar-refractivity contribution < 1.29 is 19.0 Å². The first-order chi connectivity index (χ1) is 9.45. The Morgan fingerprint density at radius 3 is 2.65 bits per heavy atom. The molecule has 104 valence electrons. The number of pyridine rings is 1. The van der Waals surface area contributed by atoms with Crippen molar-refractivity contribution in [1.29, 1.82) is 0 Å². The molecule has 0 aliphatic heterocycles. The third-order valence-electron chi connectivity index (χ3n) is 2.68. The summed E-state index contributed by atoms with van der Waals surface area (Å²) in [6, 6.07) is 8.42. The number of hydrogen-bond donors (Lipinski definition) is 1. The summed E-state index contributed by atoms with van der Waals surface area (Å²) in [7, 11) is 0. The zero-order valence-electron chi connectivity index (χ0n) is 11.1. The second-order valence-corrected chi connectivity index (χ2v) is 4.64. The van der Waals surface area contributed by atoms with Gasteiger partial charge in [-0.1, -0.05) is 19.9 Å². The predicted octanol–water partition coefficient (Wildman–Crippen LogP) is 3.83. The minimum Gasteiger partial charge on any atom is -0.478 e. The van der Waals surface area contributed by atoms with Crippen molar-refractivity contribution in [2.75, 3.05) is 0 Å². The van der Waals surface area contributed by atoms with Gasteiger partial charge in [0.25, 0.3) is 0 Å². The first-order valence-corrected chi connectivity index (χ1v) is 6.14. The first-order valence-electron chi connectivity index (χ1n) is 6.14. The van der Waals surface area contributed by atoms with Crippen molar-refractivity contribution in [1.82, 2.24) is 4.98 Å². The highest BCUT2D eigenvalue weighted by atomic mass is 19.1. The molecule has 1 heterocycles. The van der Waals surface area contributed by atoms with E-state index in [1.165, 1.54) is 30.3 Å². The van der Waals surface area contributed by atoms with Crippen LogP contribution in [-0.2, 0) is 0 Å². The Morgan fingerprint density at radius 2 is 2.05 bits per heavy atom. The van der Waals surface area contributed by atoms with Crippen LogP contribution in [0.1, 0.15) is 35.8 Å². The molecule has 0 spiro atoms. The maximum Gasteiger partial charge on any atom is 0.335 e. The smallest absolute Gasteiger partial charge is 0.335 e. The van der Waals surface area contributed by atoms with Crippen LogP contribution in [0, 0.1) is 5.82 Å². The van der Waals surface area contributed by atoms with Gasteiger partial charge in [0.05, 0.1) is 5.56 Å². The van der Waals surface area contributed by atoms with E-state index in [0.717, 1.165) is 0 Å². The van der Waals surface area contributed by atoms with Crippen LogP contribution in [-0.4, -0.2) is 16.1 Å². The van der Waals surface area contributed by atoms with E-state index in [2.05, 4.69) is 4.98 Å². The van der Waals surface area contributed by atoms with Gasteiger partial charge in [0.2, 0.25) is 5.88 Å². The van der Waals surface area contributed by atoms with E-state index in [0.29, 0.717) is 5.69 Å². The number of carbonyl (C=O) groups is 1. The molecule has 2 aromatic rings. The molecule has 0 fully saturated rings. The van der Waals surface area contributed by atoms with Gasteiger partial charge in [-0.25, -0.2) is 14.2 Å². The standard InChI is InChI=1S/C15H14FNO3/c1-9(2)13-6-10(15(18)19)7-14(17-13)20-12-5-3-4-11(16)8-12/h3-9H,1-2H3,(H,18,19). The molecule has 0 aliphatic rings. The number of nitrogens with zero attached hydrogens (tertiary/aromatic N) is 1. The summed E-state index contributed by atoms with van der Waals surface area (Å²) < 4.78 is 18.5. The van der Waals surface area contributed by atoms with Crippen LogP contribution in [0.3, 0.4) is 0 Å². The molecular weight excluding hydrogens is 261 g/mol. The molecule has 0 radical (unpaired) electrons. The molecule has 20 heavy (non-hydrogen) atoms. The topological polar surface area (TPSA) is 59.4 Å². The molecule has 4 nitrogen and oxygen atoms in total. The number of carboxylic acid groups (broad SMARTS) is 1. The molecule has 1 aromatic carbocycles. The summed E-state index contributed by atoms with van der Waals surface area (Å²) in [5.41, 5.74) is 0.700. The van der Waals surface area contributed by atoms with Crippen LogP contribution in [0.15, 0.2) is 36.4 Å². The number of ether oxygens (including phenoxy) is 1. The normalized spacial score (nSPS) is 10.6. The number of aromatic nitrogens is 1. The SMILES string of the molecule is CC(C)c1cc(C(=O)O)cc(Oc2cccc(F)c2)n1. The summed E-state index contributed by atoms with van der Waals surface area (Å²) in [6.45, 7) is 3.81.